The van der Waals surface area contributed by atoms with Crippen LogP contribution in [0, 0.1) is 0 Å². The van der Waals surface area contributed by atoms with Crippen LogP contribution in [-0.4, -0.2) is 19.0 Å². The highest BCUT2D eigenvalue weighted by Crippen LogP contribution is 2.28. The Labute approximate surface area is 139 Å². The normalized spacial score (nSPS) is 13.1. The molecule has 0 unspecified atom stereocenters. The van der Waals surface area contributed by atoms with Crippen LogP contribution in [0.4, 0.5) is 11.4 Å². The molecule has 1 N–H and O–H groups in total. The number of nitrogens with zero attached hydrogens (tertiary/aromatic N) is 1. The molecule has 1 aliphatic heterocycles. The Kier molecular flexibility index (Phi) is 4.55. The molecule has 0 spiro atoms. The lowest BCUT2D eigenvalue weighted by molar-refractivity contribution is -0.118. The maximum absolute atomic E-state index is 12.4. The predicted molar refractivity (Wildman–Crippen MR) is 92.1 cm³/mol. The Morgan fingerprint density at radius 2 is 2.00 bits per heavy atom. The fourth-order valence-electron chi connectivity index (χ4n) is 2.67. The van der Waals surface area contributed by atoms with Crippen molar-refractivity contribution in [3.63, 3.8) is 0 Å². The van der Waals surface area contributed by atoms with Gasteiger partial charge >= 0.3 is 0 Å². The third-order valence-corrected chi connectivity index (χ3v) is 4.34. The summed E-state index contributed by atoms with van der Waals surface area (Å²) in [5.74, 6) is 0.121. The number of hydrogen-bond donors (Lipinski definition) is 1. The summed E-state index contributed by atoms with van der Waals surface area (Å²) in [5, 5.41) is 4.39. The standard InChI is InChI=1S/C17H16Cl2N2O/c18-13-5-6-14(19)15(11-13)20-9-7-17(22)21-10-8-12-3-1-2-4-16(12)21/h1-6,11,20H,7-10H2. The van der Waals surface area contributed by atoms with Crippen molar-refractivity contribution in [3.05, 3.63) is 58.1 Å². The van der Waals surface area contributed by atoms with Crippen molar-refractivity contribution in [2.75, 3.05) is 23.3 Å². The molecule has 1 heterocycles. The largest absolute Gasteiger partial charge is 0.383 e. The van der Waals surface area contributed by atoms with E-state index in [9.17, 15) is 4.79 Å². The van der Waals surface area contributed by atoms with Crippen LogP contribution in [0.25, 0.3) is 0 Å². The van der Waals surface area contributed by atoms with E-state index >= 15 is 0 Å². The zero-order valence-electron chi connectivity index (χ0n) is 12.0. The molecule has 0 bridgehead atoms. The minimum absolute atomic E-state index is 0.121. The monoisotopic (exact) mass is 334 g/mol. The fourth-order valence-corrected chi connectivity index (χ4v) is 3.03. The van der Waals surface area contributed by atoms with Crippen LogP contribution >= 0.6 is 23.2 Å². The Morgan fingerprint density at radius 1 is 1.18 bits per heavy atom. The van der Waals surface area contributed by atoms with E-state index in [1.807, 2.05) is 23.1 Å². The van der Waals surface area contributed by atoms with Gasteiger partial charge in [0.2, 0.25) is 5.91 Å². The highest BCUT2D eigenvalue weighted by atomic mass is 35.5. The van der Waals surface area contributed by atoms with Gasteiger partial charge in [0.25, 0.3) is 0 Å². The zero-order valence-corrected chi connectivity index (χ0v) is 13.5. The summed E-state index contributed by atoms with van der Waals surface area (Å²) in [6.45, 7) is 1.29. The third kappa shape index (κ3) is 3.21. The molecule has 5 heteroatoms. The zero-order chi connectivity index (χ0) is 15.5. The summed E-state index contributed by atoms with van der Waals surface area (Å²) >= 11 is 12.0. The van der Waals surface area contributed by atoms with E-state index in [0.717, 1.165) is 24.3 Å². The molecule has 0 aromatic heterocycles. The summed E-state index contributed by atoms with van der Waals surface area (Å²) in [5.41, 5.74) is 3.03. The minimum atomic E-state index is 0.121. The van der Waals surface area contributed by atoms with Crippen molar-refractivity contribution < 1.29 is 4.79 Å². The van der Waals surface area contributed by atoms with Crippen LogP contribution in [0.3, 0.4) is 0 Å². The van der Waals surface area contributed by atoms with E-state index in [-0.39, 0.29) is 5.91 Å². The van der Waals surface area contributed by atoms with Gasteiger partial charge in [0.1, 0.15) is 0 Å². The van der Waals surface area contributed by atoms with E-state index in [2.05, 4.69) is 11.4 Å². The van der Waals surface area contributed by atoms with E-state index in [1.165, 1.54) is 5.56 Å². The molecule has 2 aromatic carbocycles. The van der Waals surface area contributed by atoms with Crippen molar-refractivity contribution >= 4 is 40.5 Å². The molecule has 0 radical (unpaired) electrons. The Balaban J connectivity index is 1.58. The van der Waals surface area contributed by atoms with Gasteiger partial charge in [-0.15, -0.1) is 0 Å². The van der Waals surface area contributed by atoms with E-state index in [0.29, 0.717) is 23.0 Å². The van der Waals surface area contributed by atoms with Crippen molar-refractivity contribution in [2.45, 2.75) is 12.8 Å². The number of anilines is 2. The van der Waals surface area contributed by atoms with Gasteiger partial charge in [0, 0.05) is 30.2 Å². The molecule has 0 fully saturated rings. The minimum Gasteiger partial charge on any atom is -0.383 e. The molecule has 2 aromatic rings. The molecule has 1 amide bonds. The van der Waals surface area contributed by atoms with Crippen LogP contribution in [0.15, 0.2) is 42.5 Å². The number of rotatable bonds is 4. The van der Waals surface area contributed by atoms with Crippen LogP contribution in [0.1, 0.15) is 12.0 Å². The molecular weight excluding hydrogens is 319 g/mol. The number of hydrogen-bond acceptors (Lipinski definition) is 2. The van der Waals surface area contributed by atoms with E-state index in [1.54, 1.807) is 18.2 Å². The van der Waals surface area contributed by atoms with E-state index < -0.39 is 0 Å². The molecule has 114 valence electrons. The van der Waals surface area contributed by atoms with Gasteiger partial charge in [-0.05, 0) is 36.2 Å². The Hall–Kier alpha value is -1.71. The van der Waals surface area contributed by atoms with Gasteiger partial charge in [-0.25, -0.2) is 0 Å². The van der Waals surface area contributed by atoms with E-state index in [4.69, 9.17) is 23.2 Å². The summed E-state index contributed by atoms with van der Waals surface area (Å²) in [6.07, 6.45) is 1.34. The number of fused-ring (bicyclic) bond motifs is 1. The average molecular weight is 335 g/mol. The quantitative estimate of drug-likeness (QED) is 0.899. The maximum Gasteiger partial charge on any atom is 0.228 e. The van der Waals surface area contributed by atoms with Crippen molar-refractivity contribution in [1.29, 1.82) is 0 Å². The lowest BCUT2D eigenvalue weighted by atomic mass is 10.2. The lowest BCUT2D eigenvalue weighted by Crippen LogP contribution is -2.30. The number of nitrogens with one attached hydrogen (secondary N) is 1. The predicted octanol–water partition coefficient (Wildman–Crippen LogP) is 4.38. The molecule has 0 aliphatic carbocycles. The third-order valence-electron chi connectivity index (χ3n) is 3.77. The number of carbonyl (C=O) groups is 1. The number of para-hydroxylation sites is 1. The molecule has 0 saturated heterocycles. The van der Waals surface area contributed by atoms with Gasteiger partial charge in [0.05, 0.1) is 10.7 Å². The average Bonchev–Trinajstić information content (AvgIpc) is 2.94. The Morgan fingerprint density at radius 3 is 2.86 bits per heavy atom. The molecule has 1 aliphatic rings. The van der Waals surface area contributed by atoms with Crippen LogP contribution in [-0.2, 0) is 11.2 Å². The molecule has 22 heavy (non-hydrogen) atoms. The van der Waals surface area contributed by atoms with Gasteiger partial charge in [-0.3, -0.25) is 4.79 Å². The SMILES string of the molecule is O=C(CCNc1cc(Cl)ccc1Cl)N1CCc2ccccc21. The maximum atomic E-state index is 12.4. The second-order valence-electron chi connectivity index (χ2n) is 5.23. The van der Waals surface area contributed by atoms with Crippen LogP contribution in [0.5, 0.6) is 0 Å². The summed E-state index contributed by atoms with van der Waals surface area (Å²) < 4.78 is 0. The number of carbonyl (C=O) groups excluding carboxylic acids is 1. The summed E-state index contributed by atoms with van der Waals surface area (Å²) in [4.78, 5) is 14.2. The molecule has 3 nitrogen and oxygen atoms in total. The first-order valence-electron chi connectivity index (χ1n) is 7.22. The second kappa shape index (κ2) is 6.59. The molecular formula is C17H16Cl2N2O. The summed E-state index contributed by atoms with van der Waals surface area (Å²) in [6, 6.07) is 13.3. The van der Waals surface area contributed by atoms with Crippen molar-refractivity contribution in [1.82, 2.24) is 0 Å². The number of halogens is 2. The van der Waals surface area contributed by atoms with Gasteiger partial charge < -0.3 is 10.2 Å². The molecule has 3 rings (SSSR count). The lowest BCUT2D eigenvalue weighted by Gasteiger charge is -2.17. The Bertz CT molecular complexity index is 703. The topological polar surface area (TPSA) is 32.3 Å². The van der Waals surface area contributed by atoms with Gasteiger partial charge in [-0.2, -0.15) is 0 Å². The van der Waals surface area contributed by atoms with Gasteiger partial charge in [0.15, 0.2) is 0 Å². The summed E-state index contributed by atoms with van der Waals surface area (Å²) in [7, 11) is 0. The van der Waals surface area contributed by atoms with Crippen LogP contribution < -0.4 is 10.2 Å². The first-order chi connectivity index (χ1) is 10.6. The first-order valence-corrected chi connectivity index (χ1v) is 7.98. The number of benzene rings is 2. The van der Waals surface area contributed by atoms with Crippen molar-refractivity contribution in [3.8, 4) is 0 Å². The van der Waals surface area contributed by atoms with Crippen LogP contribution in [0.2, 0.25) is 10.0 Å². The molecule has 0 atom stereocenters. The highest BCUT2D eigenvalue weighted by Gasteiger charge is 2.23. The second-order valence-corrected chi connectivity index (χ2v) is 6.07. The smallest absolute Gasteiger partial charge is 0.228 e. The fraction of sp³-hybridized carbons (Fsp3) is 0.235. The van der Waals surface area contributed by atoms with Crippen molar-refractivity contribution in [2.24, 2.45) is 0 Å². The molecule has 0 saturated carbocycles. The number of amides is 1. The van der Waals surface area contributed by atoms with Gasteiger partial charge in [-0.1, -0.05) is 41.4 Å². The first kappa shape index (κ1) is 15.2. The highest BCUT2D eigenvalue weighted by molar-refractivity contribution is 6.35.